The number of aromatic nitrogens is 4. The van der Waals surface area contributed by atoms with Gasteiger partial charge in [0.15, 0.2) is 5.65 Å². The second kappa shape index (κ2) is 9.61. The monoisotopic (exact) mass is 479 g/mol. The molecule has 0 radical (unpaired) electrons. The molecule has 12 heteroatoms. The third-order valence-corrected chi connectivity index (χ3v) is 4.61. The molecule has 2 aromatic rings. The minimum absolute atomic E-state index is 0.148. The maximum absolute atomic E-state index is 12.0. The Kier molecular flexibility index (Phi) is 7.20. The molecule has 1 aliphatic rings. The molecule has 0 saturated heterocycles. The third-order valence-electron chi connectivity index (χ3n) is 4.61. The van der Waals surface area contributed by atoms with Gasteiger partial charge in [0.2, 0.25) is 5.95 Å². The highest BCUT2D eigenvalue weighted by Crippen LogP contribution is 2.42. The van der Waals surface area contributed by atoms with E-state index in [0.717, 1.165) is 12.8 Å². The van der Waals surface area contributed by atoms with Crippen molar-refractivity contribution in [3.63, 3.8) is 0 Å². The molecule has 1 fully saturated rings. The van der Waals surface area contributed by atoms with Crippen LogP contribution in [-0.4, -0.2) is 68.0 Å². The van der Waals surface area contributed by atoms with E-state index in [1.807, 2.05) is 4.57 Å². The number of carbonyl (C=O) groups excluding carboxylic acids is 2. The summed E-state index contributed by atoms with van der Waals surface area (Å²) in [6.45, 7) is 10.5. The van der Waals surface area contributed by atoms with Crippen molar-refractivity contribution in [2.45, 2.75) is 83.8 Å². The smallest absolute Gasteiger partial charge is 0.431 e. The Balaban J connectivity index is 1.66. The lowest BCUT2D eigenvalue weighted by atomic mass is 10.2. The number of rotatable bonds is 8. The lowest BCUT2D eigenvalue weighted by Gasteiger charge is -2.26. The minimum Gasteiger partial charge on any atom is -0.431 e. The van der Waals surface area contributed by atoms with Crippen LogP contribution >= 0.6 is 0 Å². The third kappa shape index (κ3) is 7.72. The normalized spacial score (nSPS) is 15.3. The number of hydrogen-bond acceptors (Lipinski definition) is 11. The van der Waals surface area contributed by atoms with E-state index in [1.54, 1.807) is 54.1 Å². The Bertz CT molecular complexity index is 989. The van der Waals surface area contributed by atoms with Crippen LogP contribution in [0.2, 0.25) is 0 Å². The first-order chi connectivity index (χ1) is 15.7. The van der Waals surface area contributed by atoms with Crippen molar-refractivity contribution in [2.75, 3.05) is 18.9 Å². The maximum atomic E-state index is 12.0. The van der Waals surface area contributed by atoms with Gasteiger partial charge in [0, 0.05) is 0 Å². The van der Waals surface area contributed by atoms with Crippen LogP contribution in [-0.2, 0) is 30.2 Å². The van der Waals surface area contributed by atoms with Crippen molar-refractivity contribution in [3.05, 3.63) is 12.5 Å². The first-order valence-corrected chi connectivity index (χ1v) is 11.1. The van der Waals surface area contributed by atoms with E-state index >= 15 is 0 Å². The summed E-state index contributed by atoms with van der Waals surface area (Å²) in [5.74, 6) is 0.148. The molecule has 2 N–H and O–H groups in total. The summed E-state index contributed by atoms with van der Waals surface area (Å²) >= 11 is 0. The fraction of sp³-hybridized carbons (Fsp3) is 0.682. The molecule has 1 saturated carbocycles. The number of fused-ring (bicyclic) bond motifs is 1. The second-order valence-electron chi connectivity index (χ2n) is 10.3. The number of anilines is 1. The van der Waals surface area contributed by atoms with Crippen LogP contribution in [0.15, 0.2) is 12.5 Å². The number of nitrogen functional groups attached to an aromatic ring is 1. The second-order valence-corrected chi connectivity index (χ2v) is 10.3. The quantitative estimate of drug-likeness (QED) is 0.556. The van der Waals surface area contributed by atoms with E-state index in [4.69, 9.17) is 29.4 Å². The molecule has 0 atom stereocenters. The molecule has 0 aromatic carbocycles. The molecule has 0 unspecified atom stereocenters. The van der Waals surface area contributed by atoms with Crippen LogP contribution < -0.4 is 5.73 Å². The summed E-state index contributed by atoms with van der Waals surface area (Å²) in [6, 6.07) is 0. The summed E-state index contributed by atoms with van der Waals surface area (Å²) in [5.41, 5.74) is 4.95. The average molecular weight is 480 g/mol. The van der Waals surface area contributed by atoms with Gasteiger partial charge in [0.25, 0.3) is 0 Å². The zero-order valence-corrected chi connectivity index (χ0v) is 20.5. The zero-order chi connectivity index (χ0) is 25.1. The van der Waals surface area contributed by atoms with Gasteiger partial charge in [-0.1, -0.05) is 0 Å². The van der Waals surface area contributed by atoms with Crippen molar-refractivity contribution in [3.8, 4) is 0 Å². The van der Waals surface area contributed by atoms with E-state index in [2.05, 4.69) is 15.0 Å². The van der Waals surface area contributed by atoms with Gasteiger partial charge in [0.05, 0.1) is 24.7 Å². The number of hydrogen-bond donors (Lipinski definition) is 1. The van der Waals surface area contributed by atoms with Crippen molar-refractivity contribution in [1.82, 2.24) is 19.5 Å². The number of nitrogens with zero attached hydrogens (tertiary/aromatic N) is 4. The molecule has 2 aromatic heterocycles. The standard InChI is InChI=1S/C22H33N5O7/c1-20(2,3)33-18(28)30-10-14(11-31-19(29)34-21(4,5)6)32-22(7-8-22)12-27-13-25-15-9-24-17(23)26-16(15)27/h9,13-14H,7-8,10-12H2,1-6H3,(H2,23,24,26). The molecule has 188 valence electrons. The summed E-state index contributed by atoms with van der Waals surface area (Å²) in [6.07, 6.45) is 2.29. The van der Waals surface area contributed by atoms with Gasteiger partial charge in [-0.3, -0.25) is 0 Å². The summed E-state index contributed by atoms with van der Waals surface area (Å²) in [5, 5.41) is 0. The van der Waals surface area contributed by atoms with Crippen molar-refractivity contribution >= 4 is 29.4 Å². The van der Waals surface area contributed by atoms with E-state index in [1.165, 1.54) is 0 Å². The molecule has 2 heterocycles. The molecular formula is C22H33N5O7. The van der Waals surface area contributed by atoms with Crippen LogP contribution in [0.1, 0.15) is 54.4 Å². The maximum Gasteiger partial charge on any atom is 0.508 e. The Labute approximate surface area is 198 Å². The number of ether oxygens (including phenoxy) is 5. The largest absolute Gasteiger partial charge is 0.508 e. The van der Waals surface area contributed by atoms with E-state index < -0.39 is 35.2 Å². The molecule has 3 rings (SSSR count). The molecule has 0 spiro atoms. The molecule has 0 bridgehead atoms. The minimum atomic E-state index is -0.837. The van der Waals surface area contributed by atoms with Crippen LogP contribution in [0, 0.1) is 0 Å². The van der Waals surface area contributed by atoms with Gasteiger partial charge in [0.1, 0.15) is 36.0 Å². The molecule has 1 aliphatic carbocycles. The molecular weight excluding hydrogens is 446 g/mol. The van der Waals surface area contributed by atoms with Crippen LogP contribution in [0.3, 0.4) is 0 Å². The SMILES string of the molecule is CC(C)(C)OC(=O)OCC(COC(=O)OC(C)(C)C)OC1(Cn2cnc3cnc(N)nc32)CC1. The Morgan fingerprint density at radius 3 is 2.09 bits per heavy atom. The van der Waals surface area contributed by atoms with E-state index in [9.17, 15) is 9.59 Å². The first kappa shape index (κ1) is 25.5. The molecule has 12 nitrogen and oxygen atoms in total. The van der Waals surface area contributed by atoms with Crippen molar-refractivity contribution < 1.29 is 33.3 Å². The lowest BCUT2D eigenvalue weighted by molar-refractivity contribution is -0.105. The predicted octanol–water partition coefficient (Wildman–Crippen LogP) is 3.23. The fourth-order valence-corrected chi connectivity index (χ4v) is 3.10. The number of imidazole rings is 1. The average Bonchev–Trinajstić information content (AvgIpc) is 3.33. The van der Waals surface area contributed by atoms with Gasteiger partial charge >= 0.3 is 12.3 Å². The van der Waals surface area contributed by atoms with Crippen molar-refractivity contribution in [1.29, 1.82) is 0 Å². The molecule has 0 amide bonds. The highest BCUT2D eigenvalue weighted by molar-refractivity contribution is 5.70. The highest BCUT2D eigenvalue weighted by Gasteiger charge is 2.47. The van der Waals surface area contributed by atoms with Gasteiger partial charge in [-0.05, 0) is 54.4 Å². The summed E-state index contributed by atoms with van der Waals surface area (Å²) in [4.78, 5) is 36.6. The molecule has 0 aliphatic heterocycles. The van der Waals surface area contributed by atoms with E-state index in [-0.39, 0.29) is 19.2 Å². The Morgan fingerprint density at radius 1 is 1.03 bits per heavy atom. The molecule has 34 heavy (non-hydrogen) atoms. The summed E-state index contributed by atoms with van der Waals surface area (Å²) < 4.78 is 28.9. The van der Waals surface area contributed by atoms with E-state index in [0.29, 0.717) is 17.7 Å². The highest BCUT2D eigenvalue weighted by atomic mass is 16.7. The van der Waals surface area contributed by atoms with Gasteiger partial charge in [-0.15, -0.1) is 0 Å². The fourth-order valence-electron chi connectivity index (χ4n) is 3.10. The first-order valence-electron chi connectivity index (χ1n) is 11.1. The predicted molar refractivity (Wildman–Crippen MR) is 121 cm³/mol. The van der Waals surface area contributed by atoms with Gasteiger partial charge < -0.3 is 34.0 Å². The van der Waals surface area contributed by atoms with Gasteiger partial charge in [-0.2, -0.15) is 4.98 Å². The van der Waals surface area contributed by atoms with Crippen LogP contribution in [0.5, 0.6) is 0 Å². The lowest BCUT2D eigenvalue weighted by Crippen LogP contribution is -2.37. The summed E-state index contributed by atoms with van der Waals surface area (Å²) in [7, 11) is 0. The zero-order valence-electron chi connectivity index (χ0n) is 20.5. The van der Waals surface area contributed by atoms with Crippen LogP contribution in [0.25, 0.3) is 11.2 Å². The number of carbonyl (C=O) groups is 2. The van der Waals surface area contributed by atoms with Crippen molar-refractivity contribution in [2.24, 2.45) is 0 Å². The van der Waals surface area contributed by atoms with Crippen LogP contribution in [0.4, 0.5) is 15.5 Å². The number of nitrogens with two attached hydrogens (primary N) is 1. The van der Waals surface area contributed by atoms with Gasteiger partial charge in [-0.25, -0.2) is 19.6 Å². The Hall–Kier alpha value is -3.15. The topological polar surface area (TPSA) is 150 Å². The Morgan fingerprint density at radius 2 is 1.59 bits per heavy atom.